The van der Waals surface area contributed by atoms with Gasteiger partial charge in [0.1, 0.15) is 5.78 Å². The van der Waals surface area contributed by atoms with Crippen molar-refractivity contribution in [3.63, 3.8) is 0 Å². The van der Waals surface area contributed by atoms with E-state index >= 15 is 0 Å². The molecule has 3 aliphatic rings. The Bertz CT molecular complexity index is 394. The molecular weight excluding hydrogens is 248 g/mol. The topological polar surface area (TPSA) is 29.6 Å². The molecule has 20 heavy (non-hydrogen) atoms. The van der Waals surface area contributed by atoms with Gasteiger partial charge in [-0.15, -0.1) is 0 Å². The standard InChI is InChI=1S/C18H30O2/c1-12-7-9-17(3,4)14-8-10-18(11-20-18)15(16(12)14)6-5-13(2)19/h12,14-16H,5-11H2,1-4H3/t12-,14?,15?,16?,18?/m0/s1. The predicted molar refractivity (Wildman–Crippen MR) is 80.5 cm³/mol. The third-order valence-electron chi connectivity index (χ3n) is 6.71. The largest absolute Gasteiger partial charge is 0.369 e. The van der Waals surface area contributed by atoms with Crippen molar-refractivity contribution < 1.29 is 9.53 Å². The third kappa shape index (κ3) is 2.34. The lowest BCUT2D eigenvalue weighted by molar-refractivity contribution is -0.118. The monoisotopic (exact) mass is 278 g/mol. The number of epoxide rings is 1. The smallest absolute Gasteiger partial charge is 0.129 e. The minimum atomic E-state index is 0.165. The highest BCUT2D eigenvalue weighted by molar-refractivity contribution is 5.75. The predicted octanol–water partition coefficient (Wildman–Crippen LogP) is 4.22. The van der Waals surface area contributed by atoms with Crippen LogP contribution in [0.4, 0.5) is 0 Å². The van der Waals surface area contributed by atoms with Crippen LogP contribution in [0.2, 0.25) is 0 Å². The van der Waals surface area contributed by atoms with E-state index in [1.54, 1.807) is 6.92 Å². The van der Waals surface area contributed by atoms with Gasteiger partial charge in [-0.25, -0.2) is 0 Å². The molecule has 1 heterocycles. The number of ether oxygens (including phenoxy) is 1. The van der Waals surface area contributed by atoms with Crippen LogP contribution in [0.15, 0.2) is 0 Å². The summed E-state index contributed by atoms with van der Waals surface area (Å²) >= 11 is 0. The Balaban J connectivity index is 1.84. The van der Waals surface area contributed by atoms with Gasteiger partial charge in [-0.1, -0.05) is 20.8 Å². The molecule has 2 aliphatic carbocycles. The zero-order valence-corrected chi connectivity index (χ0v) is 13.6. The van der Waals surface area contributed by atoms with Gasteiger partial charge in [-0.2, -0.15) is 0 Å². The molecule has 0 amide bonds. The van der Waals surface area contributed by atoms with Crippen molar-refractivity contribution in [1.29, 1.82) is 0 Å². The van der Waals surface area contributed by atoms with E-state index in [2.05, 4.69) is 20.8 Å². The summed E-state index contributed by atoms with van der Waals surface area (Å²) < 4.78 is 5.94. The minimum Gasteiger partial charge on any atom is -0.369 e. The van der Waals surface area contributed by atoms with E-state index in [9.17, 15) is 4.79 Å². The highest BCUT2D eigenvalue weighted by Crippen LogP contribution is 2.61. The van der Waals surface area contributed by atoms with Crippen LogP contribution in [0, 0.1) is 29.1 Å². The fraction of sp³-hybridized carbons (Fsp3) is 0.944. The molecule has 2 heteroatoms. The molecule has 3 rings (SSSR count). The SMILES string of the molecule is CC(=O)CCC1C2C(CCC13CO3)C(C)(C)CC[C@@H]2C. The number of ketones is 1. The number of carbonyl (C=O) groups excluding carboxylic acids is 1. The van der Waals surface area contributed by atoms with Crippen molar-refractivity contribution in [2.75, 3.05) is 6.61 Å². The summed E-state index contributed by atoms with van der Waals surface area (Å²) in [5, 5.41) is 0. The van der Waals surface area contributed by atoms with Gasteiger partial charge in [-0.3, -0.25) is 0 Å². The van der Waals surface area contributed by atoms with Crippen molar-refractivity contribution in [2.45, 2.75) is 71.8 Å². The quantitative estimate of drug-likeness (QED) is 0.723. The number of hydrogen-bond donors (Lipinski definition) is 0. The summed E-state index contributed by atoms with van der Waals surface area (Å²) in [4.78, 5) is 11.4. The molecule has 0 aromatic rings. The molecule has 0 aromatic carbocycles. The second-order valence-electron chi connectivity index (χ2n) is 8.43. The Hall–Kier alpha value is -0.370. The van der Waals surface area contributed by atoms with Crippen molar-refractivity contribution >= 4 is 5.78 Å². The first kappa shape index (κ1) is 14.6. The van der Waals surface area contributed by atoms with Crippen LogP contribution in [0.1, 0.15) is 66.2 Å². The van der Waals surface area contributed by atoms with E-state index in [4.69, 9.17) is 4.74 Å². The lowest BCUT2D eigenvalue weighted by atomic mass is 9.50. The first-order valence-electron chi connectivity index (χ1n) is 8.49. The average molecular weight is 278 g/mol. The summed E-state index contributed by atoms with van der Waals surface area (Å²) in [5.41, 5.74) is 0.639. The van der Waals surface area contributed by atoms with Crippen LogP contribution >= 0.6 is 0 Å². The Morgan fingerprint density at radius 3 is 2.55 bits per heavy atom. The zero-order valence-electron chi connectivity index (χ0n) is 13.6. The molecule has 114 valence electrons. The van der Waals surface area contributed by atoms with E-state index in [1.165, 1.54) is 25.7 Å². The van der Waals surface area contributed by atoms with Crippen molar-refractivity contribution in [2.24, 2.45) is 29.1 Å². The average Bonchev–Trinajstić information content (AvgIpc) is 3.13. The molecule has 1 spiro atoms. The lowest BCUT2D eigenvalue weighted by Gasteiger charge is -2.55. The molecule has 0 radical (unpaired) electrons. The maximum absolute atomic E-state index is 11.4. The second kappa shape index (κ2) is 4.83. The van der Waals surface area contributed by atoms with Gasteiger partial charge in [-0.05, 0) is 68.1 Å². The first-order valence-corrected chi connectivity index (χ1v) is 8.49. The van der Waals surface area contributed by atoms with Gasteiger partial charge < -0.3 is 9.53 Å². The molecule has 1 saturated heterocycles. The van der Waals surface area contributed by atoms with Crippen molar-refractivity contribution in [3.05, 3.63) is 0 Å². The molecule has 0 bridgehead atoms. The van der Waals surface area contributed by atoms with Gasteiger partial charge in [0, 0.05) is 6.42 Å². The normalized spacial score (nSPS) is 46.0. The number of carbonyl (C=O) groups is 1. The van der Waals surface area contributed by atoms with Crippen LogP contribution in [0.3, 0.4) is 0 Å². The van der Waals surface area contributed by atoms with Gasteiger partial charge in [0.25, 0.3) is 0 Å². The van der Waals surface area contributed by atoms with E-state index < -0.39 is 0 Å². The number of fused-ring (bicyclic) bond motifs is 1. The Morgan fingerprint density at radius 1 is 1.25 bits per heavy atom. The first-order chi connectivity index (χ1) is 9.36. The van der Waals surface area contributed by atoms with Crippen molar-refractivity contribution in [1.82, 2.24) is 0 Å². The minimum absolute atomic E-state index is 0.165. The van der Waals surface area contributed by atoms with Crippen LogP contribution in [0.5, 0.6) is 0 Å². The van der Waals surface area contributed by atoms with E-state index in [0.717, 1.165) is 37.2 Å². The Morgan fingerprint density at radius 2 is 1.95 bits per heavy atom. The van der Waals surface area contributed by atoms with Gasteiger partial charge in [0.2, 0.25) is 0 Å². The zero-order chi connectivity index (χ0) is 14.5. The number of hydrogen-bond acceptors (Lipinski definition) is 2. The molecule has 0 aromatic heterocycles. The van der Waals surface area contributed by atoms with Crippen LogP contribution in [-0.2, 0) is 9.53 Å². The Labute approximate surface area is 123 Å². The molecular formula is C18H30O2. The molecule has 3 fully saturated rings. The lowest BCUT2D eigenvalue weighted by Crippen LogP contribution is -2.50. The summed E-state index contributed by atoms with van der Waals surface area (Å²) in [6.45, 7) is 10.0. The molecule has 2 nitrogen and oxygen atoms in total. The van der Waals surface area contributed by atoms with E-state index in [0.29, 0.717) is 17.1 Å². The Kier molecular flexibility index (Phi) is 3.52. The summed E-state index contributed by atoms with van der Waals surface area (Å²) in [7, 11) is 0. The maximum Gasteiger partial charge on any atom is 0.129 e. The van der Waals surface area contributed by atoms with Gasteiger partial charge >= 0.3 is 0 Å². The fourth-order valence-electron chi connectivity index (χ4n) is 5.36. The summed E-state index contributed by atoms with van der Waals surface area (Å²) in [5.74, 6) is 3.36. The third-order valence-corrected chi connectivity index (χ3v) is 6.71. The van der Waals surface area contributed by atoms with Crippen LogP contribution in [-0.4, -0.2) is 18.0 Å². The van der Waals surface area contributed by atoms with Crippen LogP contribution < -0.4 is 0 Å². The second-order valence-corrected chi connectivity index (χ2v) is 8.43. The molecule has 1 aliphatic heterocycles. The highest BCUT2D eigenvalue weighted by atomic mass is 16.6. The molecule has 4 unspecified atom stereocenters. The summed E-state index contributed by atoms with van der Waals surface area (Å²) in [6, 6.07) is 0. The van der Waals surface area contributed by atoms with Gasteiger partial charge in [0.15, 0.2) is 0 Å². The van der Waals surface area contributed by atoms with Crippen molar-refractivity contribution in [3.8, 4) is 0 Å². The maximum atomic E-state index is 11.4. The molecule has 0 N–H and O–H groups in total. The highest BCUT2D eigenvalue weighted by Gasteiger charge is 2.61. The fourth-order valence-corrected chi connectivity index (χ4v) is 5.36. The van der Waals surface area contributed by atoms with E-state index in [-0.39, 0.29) is 5.60 Å². The van der Waals surface area contributed by atoms with E-state index in [1.807, 2.05) is 0 Å². The molecule has 2 saturated carbocycles. The molecule has 5 atom stereocenters. The van der Waals surface area contributed by atoms with Gasteiger partial charge in [0.05, 0.1) is 12.2 Å². The number of rotatable bonds is 3. The number of Topliss-reactive ketones (excluding diaryl/α,β-unsaturated/α-hetero) is 1. The van der Waals surface area contributed by atoms with Crippen LogP contribution in [0.25, 0.3) is 0 Å². The summed E-state index contributed by atoms with van der Waals surface area (Å²) in [6.07, 6.45) is 7.07.